The molecule has 11 rings (SSSR count). The smallest absolute Gasteiger partial charge is 0.154 e. The Bertz CT molecular complexity index is 3000. The van der Waals surface area contributed by atoms with Crippen LogP contribution >= 0.6 is 0 Å². The van der Waals surface area contributed by atoms with Crippen LogP contribution in [0.25, 0.3) is 78.2 Å². The molecule has 6 aromatic carbocycles. The third kappa shape index (κ3) is 4.36. The molecule has 0 spiro atoms. The van der Waals surface area contributed by atoms with Gasteiger partial charge in [0.05, 0.1) is 11.1 Å². The predicted octanol–water partition coefficient (Wildman–Crippen LogP) is 11.3. The summed E-state index contributed by atoms with van der Waals surface area (Å²) in [6, 6.07) is 49.6. The number of hydrogen-bond acceptors (Lipinski definition) is 4. The van der Waals surface area contributed by atoms with Crippen molar-refractivity contribution < 1.29 is 8.83 Å². The zero-order chi connectivity index (χ0) is 33.5. The van der Waals surface area contributed by atoms with E-state index in [0.29, 0.717) is 0 Å². The molecular formula is C47H30N2O2. The van der Waals surface area contributed by atoms with Gasteiger partial charge in [-0.25, -0.2) is 4.98 Å². The van der Waals surface area contributed by atoms with E-state index < -0.39 is 0 Å². The fraction of sp³-hybridized carbons (Fsp3) is 0.0426. The van der Waals surface area contributed by atoms with Gasteiger partial charge in [0, 0.05) is 27.8 Å². The van der Waals surface area contributed by atoms with Crippen LogP contribution in [0.3, 0.4) is 0 Å². The van der Waals surface area contributed by atoms with E-state index in [0.717, 1.165) is 83.8 Å². The topological polar surface area (TPSA) is 42.4 Å². The Hall–Kier alpha value is -6.65. The fourth-order valence-electron chi connectivity index (χ4n) is 8.12. The van der Waals surface area contributed by atoms with Crippen molar-refractivity contribution in [3.05, 3.63) is 168 Å². The maximum absolute atomic E-state index is 6.53. The SMILES string of the molecule is C1=C/C2C\C=c3/c(oc4cccc(c34)N(c3cc(-c4ccc(-c5ccccc5)cc4)c4ccccc4c3)c3nc4c(cc32)oc2ccccc24)=C\1. The van der Waals surface area contributed by atoms with Crippen molar-refractivity contribution in [3.63, 3.8) is 0 Å². The number of rotatable bonds is 3. The molecule has 2 bridgehead atoms. The molecule has 4 heteroatoms. The molecule has 0 saturated carbocycles. The Kier molecular flexibility index (Phi) is 6.05. The van der Waals surface area contributed by atoms with Crippen LogP contribution in [0.4, 0.5) is 17.2 Å². The minimum absolute atomic E-state index is 0.0710. The molecule has 240 valence electrons. The molecular weight excluding hydrogens is 625 g/mol. The number of fused-ring (bicyclic) bond motifs is 8. The number of para-hydroxylation sites is 1. The highest BCUT2D eigenvalue weighted by Gasteiger charge is 2.29. The highest BCUT2D eigenvalue weighted by Crippen LogP contribution is 2.46. The highest BCUT2D eigenvalue weighted by atomic mass is 16.3. The standard InChI is InChI=1S/C47H30N2O2/c1-2-10-29(11-3-1)30-20-22-32(23-21-30)38-27-34(26-33-12-4-5-14-35(33)38)49-40-16-9-19-43-45(40)36-25-24-31(13-8-18-41(36)50-43)39-28-44-46(48-47(39)49)37-15-6-7-17-42(37)51-44/h1-23,25-28,31H,24H2/b13-8-,36-25+,41-18+. The minimum atomic E-state index is 0.0710. The lowest BCUT2D eigenvalue weighted by Gasteiger charge is -2.29. The first-order valence-electron chi connectivity index (χ1n) is 17.5. The molecule has 1 unspecified atom stereocenters. The van der Waals surface area contributed by atoms with E-state index in [1.807, 2.05) is 12.1 Å². The van der Waals surface area contributed by atoms with Gasteiger partial charge in [0.15, 0.2) is 5.58 Å². The van der Waals surface area contributed by atoms with Crippen molar-refractivity contribution in [1.29, 1.82) is 0 Å². The molecule has 9 aromatic rings. The quantitative estimate of drug-likeness (QED) is 0.190. The van der Waals surface area contributed by atoms with Crippen LogP contribution in [-0.4, -0.2) is 4.98 Å². The monoisotopic (exact) mass is 654 g/mol. The Balaban J connectivity index is 1.23. The summed E-state index contributed by atoms with van der Waals surface area (Å²) in [6.45, 7) is 0. The molecule has 0 saturated heterocycles. The predicted molar refractivity (Wildman–Crippen MR) is 209 cm³/mol. The lowest BCUT2D eigenvalue weighted by Crippen LogP contribution is -2.21. The third-order valence-corrected chi connectivity index (χ3v) is 10.5. The molecule has 51 heavy (non-hydrogen) atoms. The van der Waals surface area contributed by atoms with Crippen molar-refractivity contribution in [1.82, 2.24) is 4.98 Å². The van der Waals surface area contributed by atoms with E-state index in [2.05, 4.69) is 157 Å². The van der Waals surface area contributed by atoms with Crippen LogP contribution in [-0.2, 0) is 0 Å². The van der Waals surface area contributed by atoms with Gasteiger partial charge in [0.1, 0.15) is 27.9 Å². The van der Waals surface area contributed by atoms with E-state index in [4.69, 9.17) is 13.8 Å². The molecule has 4 nitrogen and oxygen atoms in total. The molecule has 1 aliphatic carbocycles. The Morgan fingerprint density at radius 2 is 1.39 bits per heavy atom. The number of allylic oxidation sites excluding steroid dienone is 2. The number of nitrogens with zero attached hydrogens (tertiary/aromatic N) is 2. The Labute approximate surface area is 293 Å². The first-order chi connectivity index (χ1) is 25.3. The maximum Gasteiger partial charge on any atom is 0.154 e. The highest BCUT2D eigenvalue weighted by molar-refractivity contribution is 6.06. The van der Waals surface area contributed by atoms with Gasteiger partial charge in [-0.2, -0.15) is 0 Å². The van der Waals surface area contributed by atoms with Crippen LogP contribution in [0, 0.1) is 0 Å². The zero-order valence-corrected chi connectivity index (χ0v) is 27.6. The molecule has 3 aromatic heterocycles. The van der Waals surface area contributed by atoms with Gasteiger partial charge in [-0.3, -0.25) is 4.90 Å². The van der Waals surface area contributed by atoms with Crippen molar-refractivity contribution in [2.45, 2.75) is 12.3 Å². The average molecular weight is 655 g/mol. The summed E-state index contributed by atoms with van der Waals surface area (Å²) in [4.78, 5) is 7.93. The lowest BCUT2D eigenvalue weighted by molar-refractivity contribution is 0.575. The van der Waals surface area contributed by atoms with E-state index in [1.165, 1.54) is 22.1 Å². The number of pyridine rings is 1. The lowest BCUT2D eigenvalue weighted by atomic mass is 9.93. The number of hydrogen-bond donors (Lipinski definition) is 0. The molecule has 1 aliphatic heterocycles. The Morgan fingerprint density at radius 1 is 0.627 bits per heavy atom. The first kappa shape index (κ1) is 28.2. The summed E-state index contributed by atoms with van der Waals surface area (Å²) in [5.74, 6) is 0.962. The molecule has 2 aliphatic rings. The van der Waals surface area contributed by atoms with Gasteiger partial charge in [-0.1, -0.05) is 115 Å². The summed E-state index contributed by atoms with van der Waals surface area (Å²) >= 11 is 0. The summed E-state index contributed by atoms with van der Waals surface area (Å²) in [5, 5.41) is 5.59. The second-order valence-electron chi connectivity index (χ2n) is 13.5. The van der Waals surface area contributed by atoms with Gasteiger partial charge >= 0.3 is 0 Å². The van der Waals surface area contributed by atoms with E-state index >= 15 is 0 Å². The molecule has 0 radical (unpaired) electrons. The number of anilines is 3. The number of aromatic nitrogens is 1. The summed E-state index contributed by atoms with van der Waals surface area (Å²) in [6.07, 6.45) is 9.65. The van der Waals surface area contributed by atoms with Crippen LogP contribution < -0.4 is 15.5 Å². The second-order valence-corrected chi connectivity index (χ2v) is 13.5. The summed E-state index contributed by atoms with van der Waals surface area (Å²) < 4.78 is 13.0. The van der Waals surface area contributed by atoms with Gasteiger partial charge in [-0.05, 0) is 88.0 Å². The van der Waals surface area contributed by atoms with Crippen LogP contribution in [0.1, 0.15) is 17.9 Å². The van der Waals surface area contributed by atoms with E-state index in [9.17, 15) is 0 Å². The van der Waals surface area contributed by atoms with E-state index in [-0.39, 0.29) is 5.92 Å². The largest absolute Gasteiger partial charge is 0.456 e. The molecule has 1 atom stereocenters. The van der Waals surface area contributed by atoms with Crippen molar-refractivity contribution >= 4 is 73.2 Å². The molecule has 4 heterocycles. The maximum atomic E-state index is 6.53. The molecule has 0 amide bonds. The van der Waals surface area contributed by atoms with Crippen molar-refractivity contribution in [3.8, 4) is 22.3 Å². The average Bonchev–Trinajstić information content (AvgIpc) is 3.72. The fourth-order valence-corrected chi connectivity index (χ4v) is 8.12. The number of benzene rings is 6. The molecule has 0 fully saturated rings. The van der Waals surface area contributed by atoms with Crippen LogP contribution in [0.5, 0.6) is 0 Å². The van der Waals surface area contributed by atoms with Gasteiger partial charge < -0.3 is 8.83 Å². The van der Waals surface area contributed by atoms with Crippen molar-refractivity contribution in [2.24, 2.45) is 0 Å². The molecule has 0 N–H and O–H groups in total. The van der Waals surface area contributed by atoms with Crippen LogP contribution in [0.2, 0.25) is 0 Å². The Morgan fingerprint density at radius 3 is 2.29 bits per heavy atom. The number of furan rings is 2. The minimum Gasteiger partial charge on any atom is -0.456 e. The van der Waals surface area contributed by atoms with Crippen LogP contribution in [0.15, 0.2) is 161 Å². The normalized spacial score (nSPS) is 16.9. The van der Waals surface area contributed by atoms with Gasteiger partial charge in [0.25, 0.3) is 0 Å². The first-order valence-corrected chi connectivity index (χ1v) is 17.5. The van der Waals surface area contributed by atoms with Gasteiger partial charge in [0.2, 0.25) is 0 Å². The second kappa shape index (κ2) is 10.9. The van der Waals surface area contributed by atoms with E-state index in [1.54, 1.807) is 0 Å². The third-order valence-electron chi connectivity index (χ3n) is 10.5. The van der Waals surface area contributed by atoms with Gasteiger partial charge in [-0.15, -0.1) is 0 Å². The van der Waals surface area contributed by atoms with Crippen molar-refractivity contribution in [2.75, 3.05) is 4.90 Å². The summed E-state index contributed by atoms with van der Waals surface area (Å²) in [5.41, 5.74) is 12.1. The summed E-state index contributed by atoms with van der Waals surface area (Å²) in [7, 11) is 0. The zero-order valence-electron chi connectivity index (χ0n) is 27.6.